The van der Waals surface area contributed by atoms with Gasteiger partial charge in [0.1, 0.15) is 0 Å². The van der Waals surface area contributed by atoms with Crippen LogP contribution in [-0.4, -0.2) is 54.6 Å². The van der Waals surface area contributed by atoms with Gasteiger partial charge in [0, 0.05) is 17.7 Å². The van der Waals surface area contributed by atoms with Crippen molar-refractivity contribution in [3.63, 3.8) is 0 Å². The summed E-state index contributed by atoms with van der Waals surface area (Å²) in [5, 5.41) is 0. The van der Waals surface area contributed by atoms with E-state index in [0.717, 1.165) is 13.0 Å². The molecule has 0 N–H and O–H groups in total. The monoisotopic (exact) mass is 338 g/mol. The molecule has 1 aliphatic heterocycles. The van der Waals surface area contributed by atoms with E-state index in [1.165, 1.54) is 39.5 Å². The third-order valence-corrected chi connectivity index (χ3v) is 5.95. The molecule has 1 aliphatic rings. The topological polar surface area (TPSA) is 59.0 Å². The average molecular weight is 338 g/mol. The summed E-state index contributed by atoms with van der Waals surface area (Å²) >= 11 is 0. The fraction of sp³-hybridized carbons (Fsp3) is 0.588. The zero-order valence-electron chi connectivity index (χ0n) is 14.0. The molecule has 1 atom stereocenters. The Morgan fingerprint density at radius 2 is 1.87 bits per heavy atom. The molecule has 1 aromatic carbocycles. The molecule has 1 aromatic rings. The minimum Gasteiger partial charge on any atom is -0.465 e. The predicted octanol–water partition coefficient (Wildman–Crippen LogP) is 2.81. The van der Waals surface area contributed by atoms with Crippen molar-refractivity contribution in [2.45, 2.75) is 30.6 Å². The Balaban J connectivity index is 1.91. The number of esters is 1. The Labute approximate surface area is 139 Å². The van der Waals surface area contributed by atoms with Gasteiger partial charge in [-0.3, -0.25) is 0 Å². The van der Waals surface area contributed by atoms with Crippen LogP contribution in [0, 0.1) is 0 Å². The lowest BCUT2D eigenvalue weighted by atomic mass is 10.1. The second kappa shape index (κ2) is 8.45. The summed E-state index contributed by atoms with van der Waals surface area (Å²) in [7, 11) is -1.06. The van der Waals surface area contributed by atoms with E-state index < -0.39 is 15.7 Å². The first-order chi connectivity index (χ1) is 11.0. The molecule has 0 aromatic heterocycles. The lowest BCUT2D eigenvalue weighted by molar-refractivity contribution is 0.0600. The summed E-state index contributed by atoms with van der Waals surface area (Å²) in [6, 6.07) is 6.66. The minimum absolute atomic E-state index is 0.391. The molecule has 0 spiro atoms. The summed E-state index contributed by atoms with van der Waals surface area (Å²) in [6.45, 7) is 3.98. The minimum atomic E-state index is -2.41. The lowest BCUT2D eigenvalue weighted by Crippen LogP contribution is -2.30. The summed E-state index contributed by atoms with van der Waals surface area (Å²) in [6.07, 6.45) is 6.50. The van der Waals surface area contributed by atoms with Gasteiger partial charge in [-0.2, -0.15) is 0 Å². The van der Waals surface area contributed by atoms with Crippen molar-refractivity contribution in [2.75, 3.05) is 39.5 Å². The predicted molar refractivity (Wildman–Crippen MR) is 92.3 cm³/mol. The standard InChI is InChI=1S/C17H26N2O3S/c1-22-17(20)15-7-9-16(10-8-15)23(2,21)18-11-6-14-19-12-4-3-5-13-19/h7-10H,3-6,11-14H2,1-2H3. The molecule has 0 aliphatic carbocycles. The summed E-state index contributed by atoms with van der Waals surface area (Å²) in [4.78, 5) is 14.5. The first-order valence-electron chi connectivity index (χ1n) is 8.11. The van der Waals surface area contributed by atoms with Crippen molar-refractivity contribution in [1.82, 2.24) is 4.90 Å². The van der Waals surface area contributed by atoms with E-state index in [2.05, 4.69) is 14.0 Å². The van der Waals surface area contributed by atoms with E-state index >= 15 is 0 Å². The molecule has 0 bridgehead atoms. The highest BCUT2D eigenvalue weighted by molar-refractivity contribution is 7.93. The van der Waals surface area contributed by atoms with Gasteiger partial charge < -0.3 is 9.64 Å². The number of hydrogen-bond donors (Lipinski definition) is 0. The number of methoxy groups -OCH3 is 1. The number of ether oxygens (including phenoxy) is 1. The molecule has 5 nitrogen and oxygen atoms in total. The van der Waals surface area contributed by atoms with Gasteiger partial charge in [-0.25, -0.2) is 13.4 Å². The molecule has 1 fully saturated rings. The largest absolute Gasteiger partial charge is 0.465 e. The highest BCUT2D eigenvalue weighted by atomic mass is 32.2. The summed E-state index contributed by atoms with van der Waals surface area (Å²) in [5.41, 5.74) is 0.455. The Hall–Kier alpha value is -1.40. The molecule has 0 amide bonds. The van der Waals surface area contributed by atoms with E-state index in [0.29, 0.717) is 17.0 Å². The molecule has 23 heavy (non-hydrogen) atoms. The van der Waals surface area contributed by atoms with Crippen LogP contribution in [0.3, 0.4) is 0 Å². The molecule has 6 heteroatoms. The maximum atomic E-state index is 12.7. The van der Waals surface area contributed by atoms with Crippen molar-refractivity contribution in [2.24, 2.45) is 4.36 Å². The average Bonchev–Trinajstić information content (AvgIpc) is 2.59. The molecule has 2 rings (SSSR count). The number of likely N-dealkylation sites (tertiary alicyclic amines) is 1. The fourth-order valence-electron chi connectivity index (χ4n) is 2.75. The Bertz CT molecular complexity index is 628. The van der Waals surface area contributed by atoms with Crippen LogP contribution in [-0.2, 0) is 14.5 Å². The zero-order valence-corrected chi connectivity index (χ0v) is 14.8. The van der Waals surface area contributed by atoms with E-state index in [1.807, 2.05) is 0 Å². The van der Waals surface area contributed by atoms with E-state index in [4.69, 9.17) is 0 Å². The summed E-state index contributed by atoms with van der Waals surface area (Å²) in [5.74, 6) is -0.391. The number of benzene rings is 1. The van der Waals surface area contributed by atoms with Crippen molar-refractivity contribution in [3.8, 4) is 0 Å². The van der Waals surface area contributed by atoms with Crippen LogP contribution in [0.25, 0.3) is 0 Å². The third kappa shape index (κ3) is 5.32. The van der Waals surface area contributed by atoms with Gasteiger partial charge in [0.05, 0.1) is 22.4 Å². The highest BCUT2D eigenvalue weighted by Crippen LogP contribution is 2.14. The summed E-state index contributed by atoms with van der Waals surface area (Å²) < 4.78 is 21.7. The van der Waals surface area contributed by atoms with Gasteiger partial charge in [-0.15, -0.1) is 0 Å². The molecule has 1 heterocycles. The molecule has 1 unspecified atom stereocenters. The van der Waals surface area contributed by atoms with Crippen LogP contribution in [0.1, 0.15) is 36.0 Å². The Kier molecular flexibility index (Phi) is 6.59. The van der Waals surface area contributed by atoms with Crippen molar-refractivity contribution >= 4 is 15.7 Å². The van der Waals surface area contributed by atoms with Gasteiger partial charge in [-0.05, 0) is 63.2 Å². The Morgan fingerprint density at radius 3 is 2.48 bits per heavy atom. The maximum absolute atomic E-state index is 12.7. The second-order valence-electron chi connectivity index (χ2n) is 5.93. The number of rotatable bonds is 6. The van der Waals surface area contributed by atoms with E-state index in [9.17, 15) is 9.00 Å². The highest BCUT2D eigenvalue weighted by Gasteiger charge is 2.11. The zero-order chi connectivity index (χ0) is 16.7. The quantitative estimate of drug-likeness (QED) is 0.591. The number of carbonyl (C=O) groups excluding carboxylic acids is 1. The molecule has 1 saturated heterocycles. The number of carbonyl (C=O) groups is 1. The maximum Gasteiger partial charge on any atom is 0.337 e. The van der Waals surface area contributed by atoms with Gasteiger partial charge in [0.15, 0.2) is 0 Å². The van der Waals surface area contributed by atoms with Crippen LogP contribution in [0.2, 0.25) is 0 Å². The SMILES string of the molecule is COC(=O)c1ccc(S(C)(=O)=NCCCN2CCCCC2)cc1. The number of piperidine rings is 1. The van der Waals surface area contributed by atoms with E-state index in [-0.39, 0.29) is 0 Å². The normalized spacial score (nSPS) is 18.2. The Morgan fingerprint density at radius 1 is 1.22 bits per heavy atom. The number of nitrogens with zero attached hydrogens (tertiary/aromatic N) is 2. The van der Waals surface area contributed by atoms with Crippen LogP contribution < -0.4 is 0 Å². The molecule has 0 saturated carbocycles. The molecule has 128 valence electrons. The third-order valence-electron chi connectivity index (χ3n) is 4.13. The molecular formula is C17H26N2O3S. The van der Waals surface area contributed by atoms with Gasteiger partial charge in [-0.1, -0.05) is 6.42 Å². The van der Waals surface area contributed by atoms with Crippen molar-refractivity contribution < 1.29 is 13.7 Å². The smallest absolute Gasteiger partial charge is 0.337 e. The first kappa shape index (κ1) is 17.9. The number of hydrogen-bond acceptors (Lipinski definition) is 5. The van der Waals surface area contributed by atoms with E-state index in [1.54, 1.807) is 30.5 Å². The lowest BCUT2D eigenvalue weighted by Gasteiger charge is -2.25. The van der Waals surface area contributed by atoms with Gasteiger partial charge in [0.25, 0.3) is 0 Å². The van der Waals surface area contributed by atoms with Crippen LogP contribution in [0.4, 0.5) is 0 Å². The molecular weight excluding hydrogens is 312 g/mol. The van der Waals surface area contributed by atoms with Crippen LogP contribution >= 0.6 is 0 Å². The van der Waals surface area contributed by atoms with Crippen LogP contribution in [0.5, 0.6) is 0 Å². The van der Waals surface area contributed by atoms with Crippen LogP contribution in [0.15, 0.2) is 33.5 Å². The van der Waals surface area contributed by atoms with Crippen molar-refractivity contribution in [3.05, 3.63) is 29.8 Å². The first-order valence-corrected chi connectivity index (χ1v) is 10.0. The molecule has 0 radical (unpaired) electrons. The van der Waals surface area contributed by atoms with Gasteiger partial charge in [0.2, 0.25) is 0 Å². The van der Waals surface area contributed by atoms with Crippen molar-refractivity contribution in [1.29, 1.82) is 0 Å². The van der Waals surface area contributed by atoms with Gasteiger partial charge >= 0.3 is 5.97 Å². The fourth-order valence-corrected chi connectivity index (χ4v) is 4.02. The second-order valence-corrected chi connectivity index (χ2v) is 8.26.